The van der Waals surface area contributed by atoms with Gasteiger partial charge in [-0.05, 0) is 32.0 Å². The fraction of sp³-hybridized carbons (Fsp3) is 0.391. The van der Waals surface area contributed by atoms with Crippen LogP contribution >= 0.6 is 0 Å². The number of methoxy groups -OCH3 is 1. The molecule has 0 amide bonds. The topological polar surface area (TPSA) is 61.5 Å². The lowest BCUT2D eigenvalue weighted by Crippen LogP contribution is -2.47. The van der Waals surface area contributed by atoms with Gasteiger partial charge in [-0.1, -0.05) is 29.8 Å². The molecule has 1 aromatic heterocycles. The normalized spacial score (nSPS) is 16.8. The van der Waals surface area contributed by atoms with Crippen LogP contribution in [0.3, 0.4) is 0 Å². The minimum atomic E-state index is -0.0670. The van der Waals surface area contributed by atoms with Crippen LogP contribution in [-0.2, 0) is 6.54 Å². The summed E-state index contributed by atoms with van der Waals surface area (Å²) in [6, 6.07) is 13.9. The third kappa shape index (κ3) is 4.18. The number of hydrogen-bond donors (Lipinski definition) is 1. The van der Waals surface area contributed by atoms with Crippen LogP contribution in [-0.4, -0.2) is 53.1 Å². The molecule has 1 saturated heterocycles. The van der Waals surface area contributed by atoms with E-state index in [1.54, 1.807) is 7.11 Å². The zero-order valence-corrected chi connectivity index (χ0v) is 17.3. The maximum absolute atomic E-state index is 12.4. The van der Waals surface area contributed by atoms with E-state index in [1.165, 1.54) is 11.1 Å². The van der Waals surface area contributed by atoms with Gasteiger partial charge in [0.15, 0.2) is 0 Å². The average Bonchev–Trinajstić information content (AvgIpc) is 2.74. The van der Waals surface area contributed by atoms with Gasteiger partial charge in [0.05, 0.1) is 24.1 Å². The Labute approximate surface area is 171 Å². The molecule has 152 valence electrons. The van der Waals surface area contributed by atoms with Gasteiger partial charge in [-0.2, -0.15) is 0 Å². The molecule has 0 aliphatic carbocycles. The first kappa shape index (κ1) is 19.6. The molecule has 0 bridgehead atoms. The van der Waals surface area contributed by atoms with Crippen LogP contribution in [0.5, 0.6) is 5.75 Å². The molecule has 1 aliphatic heterocycles. The van der Waals surface area contributed by atoms with Crippen LogP contribution in [0.2, 0.25) is 0 Å². The van der Waals surface area contributed by atoms with Crippen molar-refractivity contribution < 1.29 is 4.74 Å². The first-order chi connectivity index (χ1) is 14.0. The molecular weight excluding hydrogens is 364 g/mol. The van der Waals surface area contributed by atoms with Gasteiger partial charge < -0.3 is 9.72 Å². The first-order valence-corrected chi connectivity index (χ1v) is 10.1. The minimum absolute atomic E-state index is 0.0670. The van der Waals surface area contributed by atoms with E-state index in [4.69, 9.17) is 9.72 Å². The van der Waals surface area contributed by atoms with Crippen molar-refractivity contribution in [3.05, 3.63) is 69.8 Å². The number of benzene rings is 2. The third-order valence-electron chi connectivity index (χ3n) is 5.81. The van der Waals surface area contributed by atoms with Crippen LogP contribution in [0.1, 0.15) is 29.9 Å². The van der Waals surface area contributed by atoms with Crippen molar-refractivity contribution in [2.75, 3.05) is 33.3 Å². The minimum Gasteiger partial charge on any atom is -0.496 e. The maximum atomic E-state index is 12.4. The Morgan fingerprint density at radius 2 is 1.90 bits per heavy atom. The fourth-order valence-electron chi connectivity index (χ4n) is 4.06. The number of aromatic nitrogens is 2. The van der Waals surface area contributed by atoms with E-state index < -0.39 is 0 Å². The van der Waals surface area contributed by atoms with Gasteiger partial charge in [0.25, 0.3) is 5.56 Å². The SMILES string of the molecule is COc1ccc(C)cc1CN1CCN([C@H](C)c2nc3ccccc3c(=O)[nH]2)CC1. The number of aryl methyl sites for hydroxylation is 1. The lowest BCUT2D eigenvalue weighted by atomic mass is 10.1. The molecule has 6 nitrogen and oxygen atoms in total. The number of ether oxygens (including phenoxy) is 1. The number of aromatic amines is 1. The van der Waals surface area contributed by atoms with Crippen molar-refractivity contribution in [2.45, 2.75) is 26.4 Å². The predicted molar refractivity (Wildman–Crippen MR) is 115 cm³/mol. The molecule has 0 unspecified atom stereocenters. The molecule has 1 N–H and O–H groups in total. The van der Waals surface area contributed by atoms with Gasteiger partial charge in [0, 0.05) is 38.3 Å². The van der Waals surface area contributed by atoms with Crippen LogP contribution in [0.4, 0.5) is 0 Å². The molecule has 1 fully saturated rings. The molecular formula is C23H28N4O2. The molecule has 0 radical (unpaired) electrons. The molecule has 2 aromatic carbocycles. The van der Waals surface area contributed by atoms with Gasteiger partial charge in [-0.25, -0.2) is 4.98 Å². The quantitative estimate of drug-likeness (QED) is 0.723. The van der Waals surface area contributed by atoms with Crippen LogP contribution in [0.25, 0.3) is 10.9 Å². The van der Waals surface area contributed by atoms with E-state index in [9.17, 15) is 4.79 Å². The van der Waals surface area contributed by atoms with Crippen molar-refractivity contribution in [1.82, 2.24) is 19.8 Å². The number of piperazine rings is 1. The van der Waals surface area contributed by atoms with E-state index in [-0.39, 0.29) is 11.6 Å². The average molecular weight is 393 g/mol. The van der Waals surface area contributed by atoms with Crippen LogP contribution in [0.15, 0.2) is 47.3 Å². The lowest BCUT2D eigenvalue weighted by molar-refractivity contribution is 0.0943. The summed E-state index contributed by atoms with van der Waals surface area (Å²) in [6.07, 6.45) is 0. The Balaban J connectivity index is 1.43. The number of fused-ring (bicyclic) bond motifs is 1. The van der Waals surface area contributed by atoms with Crippen LogP contribution < -0.4 is 10.3 Å². The molecule has 2 heterocycles. The second-order valence-electron chi connectivity index (χ2n) is 7.77. The zero-order chi connectivity index (χ0) is 20.4. The Hall–Kier alpha value is -2.70. The molecule has 1 aliphatic rings. The molecule has 0 spiro atoms. The Bertz CT molecular complexity index is 1050. The van der Waals surface area contributed by atoms with E-state index >= 15 is 0 Å². The summed E-state index contributed by atoms with van der Waals surface area (Å²) >= 11 is 0. The highest BCUT2D eigenvalue weighted by molar-refractivity contribution is 5.77. The molecule has 1 atom stereocenters. The van der Waals surface area contributed by atoms with E-state index in [0.717, 1.165) is 49.8 Å². The Morgan fingerprint density at radius 1 is 1.14 bits per heavy atom. The second kappa shape index (κ2) is 8.35. The number of hydrogen-bond acceptors (Lipinski definition) is 5. The number of nitrogens with one attached hydrogen (secondary N) is 1. The summed E-state index contributed by atoms with van der Waals surface area (Å²) in [4.78, 5) is 24.9. The van der Waals surface area contributed by atoms with Crippen molar-refractivity contribution in [3.8, 4) is 5.75 Å². The van der Waals surface area contributed by atoms with Crippen LogP contribution in [0, 0.1) is 6.92 Å². The van der Waals surface area contributed by atoms with Crippen molar-refractivity contribution in [2.24, 2.45) is 0 Å². The van der Waals surface area contributed by atoms with Gasteiger partial charge in [-0.3, -0.25) is 14.6 Å². The standard InChI is InChI=1S/C23H28N4O2/c1-16-8-9-21(29-3)18(14-16)15-26-10-12-27(13-11-26)17(2)22-24-20-7-5-4-6-19(20)23(28)25-22/h4-9,14,17H,10-13,15H2,1-3H3,(H,24,25,28)/t17-/m1/s1. The number of para-hydroxylation sites is 1. The number of H-pyrrole nitrogens is 1. The molecule has 4 rings (SSSR count). The lowest BCUT2D eigenvalue weighted by Gasteiger charge is -2.37. The maximum Gasteiger partial charge on any atom is 0.258 e. The van der Waals surface area contributed by atoms with Gasteiger partial charge >= 0.3 is 0 Å². The van der Waals surface area contributed by atoms with Gasteiger partial charge in [-0.15, -0.1) is 0 Å². The van der Waals surface area contributed by atoms with Crippen molar-refractivity contribution in [1.29, 1.82) is 0 Å². The highest BCUT2D eigenvalue weighted by Gasteiger charge is 2.24. The molecule has 0 saturated carbocycles. The Morgan fingerprint density at radius 3 is 2.66 bits per heavy atom. The van der Waals surface area contributed by atoms with Gasteiger partial charge in [0.1, 0.15) is 11.6 Å². The highest BCUT2D eigenvalue weighted by atomic mass is 16.5. The zero-order valence-electron chi connectivity index (χ0n) is 17.3. The highest BCUT2D eigenvalue weighted by Crippen LogP contribution is 2.24. The van der Waals surface area contributed by atoms with E-state index in [1.807, 2.05) is 30.3 Å². The Kier molecular flexibility index (Phi) is 5.65. The van der Waals surface area contributed by atoms with E-state index in [0.29, 0.717) is 5.39 Å². The summed E-state index contributed by atoms with van der Waals surface area (Å²) < 4.78 is 5.53. The molecule has 3 aromatic rings. The first-order valence-electron chi connectivity index (χ1n) is 10.1. The molecule has 29 heavy (non-hydrogen) atoms. The van der Waals surface area contributed by atoms with Gasteiger partial charge in [0.2, 0.25) is 0 Å². The number of rotatable bonds is 5. The summed E-state index contributed by atoms with van der Waals surface area (Å²) in [5.41, 5.74) is 3.17. The summed E-state index contributed by atoms with van der Waals surface area (Å²) in [5.74, 6) is 1.69. The summed E-state index contributed by atoms with van der Waals surface area (Å²) in [7, 11) is 1.73. The van der Waals surface area contributed by atoms with Crippen molar-refractivity contribution >= 4 is 10.9 Å². The van der Waals surface area contributed by atoms with Crippen molar-refractivity contribution in [3.63, 3.8) is 0 Å². The second-order valence-corrected chi connectivity index (χ2v) is 7.77. The summed E-state index contributed by atoms with van der Waals surface area (Å²) in [5, 5.41) is 0.639. The summed E-state index contributed by atoms with van der Waals surface area (Å²) in [6.45, 7) is 8.93. The third-order valence-corrected chi connectivity index (χ3v) is 5.81. The largest absolute Gasteiger partial charge is 0.496 e. The monoisotopic (exact) mass is 392 g/mol. The smallest absolute Gasteiger partial charge is 0.258 e. The molecule has 6 heteroatoms. The number of nitrogens with zero attached hydrogens (tertiary/aromatic N) is 3. The predicted octanol–water partition coefficient (Wildman–Crippen LogP) is 3.12. The van der Waals surface area contributed by atoms with E-state index in [2.05, 4.69) is 40.8 Å². The fourth-order valence-corrected chi connectivity index (χ4v) is 4.06.